The summed E-state index contributed by atoms with van der Waals surface area (Å²) in [6.45, 7) is 1.37. The van der Waals surface area contributed by atoms with Crippen molar-refractivity contribution in [3.63, 3.8) is 0 Å². The smallest absolute Gasteiger partial charge is 0.398 e. The van der Waals surface area contributed by atoms with Crippen LogP contribution in [0.25, 0.3) is 11.1 Å². The monoisotopic (exact) mass is 255 g/mol. The number of rotatable bonds is 1. The lowest BCUT2D eigenvalue weighted by Gasteiger charge is -2.13. The van der Waals surface area contributed by atoms with Crippen molar-refractivity contribution in [1.82, 2.24) is 9.78 Å². The van der Waals surface area contributed by atoms with Gasteiger partial charge < -0.3 is 5.73 Å². The van der Waals surface area contributed by atoms with Gasteiger partial charge in [0.15, 0.2) is 0 Å². The van der Waals surface area contributed by atoms with Crippen LogP contribution in [0.2, 0.25) is 0 Å². The molecule has 1 aromatic carbocycles. The highest BCUT2D eigenvalue weighted by Crippen LogP contribution is 2.37. The number of anilines is 1. The molecule has 18 heavy (non-hydrogen) atoms. The number of halogens is 3. The van der Waals surface area contributed by atoms with E-state index in [0.717, 1.165) is 6.07 Å². The molecule has 0 aliphatic rings. The Hall–Kier alpha value is -1.98. The number of nitrogens with two attached hydrogens (primary N) is 1. The van der Waals surface area contributed by atoms with Gasteiger partial charge in [0, 0.05) is 24.5 Å². The maximum Gasteiger partial charge on any atom is 0.416 e. The van der Waals surface area contributed by atoms with Gasteiger partial charge in [-0.2, -0.15) is 18.3 Å². The third-order valence-electron chi connectivity index (χ3n) is 2.79. The molecule has 0 radical (unpaired) electrons. The van der Waals surface area contributed by atoms with E-state index in [1.807, 2.05) is 0 Å². The van der Waals surface area contributed by atoms with Crippen LogP contribution in [0, 0.1) is 6.92 Å². The number of aromatic nitrogens is 2. The van der Waals surface area contributed by atoms with Crippen LogP contribution in [0.3, 0.4) is 0 Å². The van der Waals surface area contributed by atoms with Gasteiger partial charge in [0.05, 0.1) is 11.8 Å². The fourth-order valence-corrected chi connectivity index (χ4v) is 1.77. The highest BCUT2D eigenvalue weighted by atomic mass is 19.4. The Kier molecular flexibility index (Phi) is 2.80. The molecule has 0 aliphatic heterocycles. The van der Waals surface area contributed by atoms with E-state index in [-0.39, 0.29) is 11.3 Å². The van der Waals surface area contributed by atoms with Crippen molar-refractivity contribution in [2.75, 3.05) is 5.73 Å². The summed E-state index contributed by atoms with van der Waals surface area (Å²) in [4.78, 5) is 0. The van der Waals surface area contributed by atoms with E-state index in [1.165, 1.54) is 23.9 Å². The molecule has 2 aromatic rings. The highest BCUT2D eigenvalue weighted by Gasteiger charge is 2.33. The third kappa shape index (κ3) is 2.18. The van der Waals surface area contributed by atoms with E-state index in [1.54, 1.807) is 13.2 Å². The summed E-state index contributed by atoms with van der Waals surface area (Å²) < 4.78 is 40.1. The molecule has 3 nitrogen and oxygen atoms in total. The lowest BCUT2D eigenvalue weighted by atomic mass is 9.99. The van der Waals surface area contributed by atoms with Crippen LogP contribution in [0.1, 0.15) is 11.1 Å². The van der Waals surface area contributed by atoms with Gasteiger partial charge in [-0.1, -0.05) is 0 Å². The summed E-state index contributed by atoms with van der Waals surface area (Å²) in [6, 6.07) is 2.63. The first kappa shape index (κ1) is 12.5. The molecule has 0 aliphatic carbocycles. The van der Waals surface area contributed by atoms with Gasteiger partial charge in [0.1, 0.15) is 0 Å². The molecule has 1 heterocycles. The summed E-state index contributed by atoms with van der Waals surface area (Å²) in [5, 5.41) is 3.93. The minimum Gasteiger partial charge on any atom is -0.398 e. The fraction of sp³-hybridized carbons (Fsp3) is 0.250. The number of hydrogen-bond donors (Lipinski definition) is 1. The summed E-state index contributed by atoms with van der Waals surface area (Å²) in [7, 11) is 1.70. The molecule has 0 spiro atoms. The first-order valence-electron chi connectivity index (χ1n) is 5.25. The Balaban J connectivity index is 2.61. The lowest BCUT2D eigenvalue weighted by Crippen LogP contribution is -2.09. The lowest BCUT2D eigenvalue weighted by molar-refractivity contribution is -0.137. The van der Waals surface area contributed by atoms with Crippen molar-refractivity contribution in [2.24, 2.45) is 7.05 Å². The highest BCUT2D eigenvalue weighted by molar-refractivity contribution is 5.70. The minimum absolute atomic E-state index is 0.0511. The Morgan fingerprint density at radius 3 is 2.39 bits per heavy atom. The van der Waals surface area contributed by atoms with E-state index in [2.05, 4.69) is 5.10 Å². The molecule has 0 bridgehead atoms. The molecule has 0 amide bonds. The second-order valence-corrected chi connectivity index (χ2v) is 4.14. The van der Waals surface area contributed by atoms with Gasteiger partial charge in [-0.25, -0.2) is 0 Å². The third-order valence-corrected chi connectivity index (χ3v) is 2.79. The van der Waals surface area contributed by atoms with Crippen molar-refractivity contribution in [2.45, 2.75) is 13.1 Å². The predicted octanol–water partition coefficient (Wildman–Crippen LogP) is 3.00. The van der Waals surface area contributed by atoms with E-state index in [4.69, 9.17) is 5.73 Å². The van der Waals surface area contributed by atoms with Crippen LogP contribution < -0.4 is 5.73 Å². The number of nitrogen functional groups attached to an aromatic ring is 1. The molecule has 0 saturated heterocycles. The Morgan fingerprint density at radius 1 is 1.22 bits per heavy atom. The van der Waals surface area contributed by atoms with Crippen molar-refractivity contribution >= 4 is 5.69 Å². The number of aryl methyl sites for hydroxylation is 1. The van der Waals surface area contributed by atoms with Crippen molar-refractivity contribution < 1.29 is 13.2 Å². The second kappa shape index (κ2) is 4.04. The van der Waals surface area contributed by atoms with Gasteiger partial charge in [0.25, 0.3) is 0 Å². The molecule has 96 valence electrons. The number of hydrogen-bond acceptors (Lipinski definition) is 2. The summed E-state index contributed by atoms with van der Waals surface area (Å²) in [6.07, 6.45) is -1.26. The predicted molar refractivity (Wildman–Crippen MR) is 62.8 cm³/mol. The summed E-state index contributed by atoms with van der Waals surface area (Å²) >= 11 is 0. The van der Waals surface area contributed by atoms with E-state index in [9.17, 15) is 13.2 Å². The van der Waals surface area contributed by atoms with Gasteiger partial charge in [-0.3, -0.25) is 4.68 Å². The van der Waals surface area contributed by atoms with Gasteiger partial charge in [-0.15, -0.1) is 0 Å². The van der Waals surface area contributed by atoms with Crippen molar-refractivity contribution in [3.05, 3.63) is 35.7 Å². The number of alkyl halides is 3. The standard InChI is InChI=1S/C12H12F3N3/c1-7-10(12(13,14)15)3-8(4-11(7)16)9-5-17-18(2)6-9/h3-6H,16H2,1-2H3. The zero-order valence-electron chi connectivity index (χ0n) is 9.92. The normalized spacial score (nSPS) is 11.8. The van der Waals surface area contributed by atoms with Gasteiger partial charge in [-0.05, 0) is 30.2 Å². The van der Waals surface area contributed by atoms with Crippen LogP contribution in [-0.4, -0.2) is 9.78 Å². The molecule has 0 saturated carbocycles. The second-order valence-electron chi connectivity index (χ2n) is 4.14. The maximum absolute atomic E-state index is 12.9. The van der Waals surface area contributed by atoms with E-state index >= 15 is 0 Å². The minimum atomic E-state index is -4.41. The molecular formula is C12H12F3N3. The van der Waals surface area contributed by atoms with Crippen molar-refractivity contribution in [3.8, 4) is 11.1 Å². The quantitative estimate of drug-likeness (QED) is 0.796. The average molecular weight is 255 g/mol. The van der Waals surface area contributed by atoms with Crippen molar-refractivity contribution in [1.29, 1.82) is 0 Å². The SMILES string of the molecule is Cc1c(N)cc(-c2cnn(C)c2)cc1C(F)(F)F. The first-order chi connectivity index (χ1) is 8.29. The van der Waals surface area contributed by atoms with Crippen LogP contribution in [0.5, 0.6) is 0 Å². The first-order valence-corrected chi connectivity index (χ1v) is 5.25. The molecule has 0 unspecified atom stereocenters. The average Bonchev–Trinajstić information content (AvgIpc) is 2.67. The largest absolute Gasteiger partial charge is 0.416 e. The maximum atomic E-state index is 12.9. The Morgan fingerprint density at radius 2 is 1.89 bits per heavy atom. The zero-order chi connectivity index (χ0) is 13.5. The van der Waals surface area contributed by atoms with Crippen LogP contribution >= 0.6 is 0 Å². The molecule has 2 rings (SSSR count). The van der Waals surface area contributed by atoms with E-state index in [0.29, 0.717) is 11.1 Å². The molecule has 0 fully saturated rings. The summed E-state index contributed by atoms with van der Waals surface area (Å²) in [5.41, 5.74) is 6.13. The van der Waals surface area contributed by atoms with Crippen LogP contribution in [-0.2, 0) is 13.2 Å². The Bertz CT molecular complexity index is 585. The van der Waals surface area contributed by atoms with E-state index < -0.39 is 11.7 Å². The molecule has 2 N–H and O–H groups in total. The Labute approximate surface area is 102 Å². The van der Waals surface area contributed by atoms with Gasteiger partial charge >= 0.3 is 6.18 Å². The zero-order valence-corrected chi connectivity index (χ0v) is 9.92. The number of benzene rings is 1. The molecule has 0 atom stereocenters. The van der Waals surface area contributed by atoms with Crippen LogP contribution in [0.4, 0.5) is 18.9 Å². The van der Waals surface area contributed by atoms with Crippen LogP contribution in [0.15, 0.2) is 24.5 Å². The molecule has 6 heteroatoms. The molecule has 1 aromatic heterocycles. The fourth-order valence-electron chi connectivity index (χ4n) is 1.77. The topological polar surface area (TPSA) is 43.8 Å². The molecular weight excluding hydrogens is 243 g/mol. The number of nitrogens with zero attached hydrogens (tertiary/aromatic N) is 2. The van der Waals surface area contributed by atoms with Gasteiger partial charge in [0.2, 0.25) is 0 Å². The summed E-state index contributed by atoms with van der Waals surface area (Å²) in [5.74, 6) is 0.